The molecule has 1 saturated heterocycles. The zero-order valence-corrected chi connectivity index (χ0v) is 11.0. The van der Waals surface area contributed by atoms with Crippen molar-refractivity contribution in [1.29, 1.82) is 0 Å². The van der Waals surface area contributed by atoms with Crippen LogP contribution in [-0.4, -0.2) is 42.6 Å². The Labute approximate surface area is 104 Å². The number of nitrogens with one attached hydrogen (secondary N) is 2. The third kappa shape index (κ3) is 4.19. The molecule has 2 rings (SSSR count). The summed E-state index contributed by atoms with van der Waals surface area (Å²) >= 11 is 0. The lowest BCUT2D eigenvalue weighted by atomic mass is 9.96. The minimum absolute atomic E-state index is 0.0267. The molecule has 1 saturated carbocycles. The van der Waals surface area contributed by atoms with E-state index in [9.17, 15) is 4.79 Å². The van der Waals surface area contributed by atoms with Crippen LogP contribution in [0.5, 0.6) is 0 Å². The number of rotatable bonds is 4. The normalized spacial score (nSPS) is 22.8. The first-order valence-corrected chi connectivity index (χ1v) is 6.93. The Bertz CT molecular complexity index is 255. The average Bonchev–Trinajstić information content (AvgIpc) is 3.11. The smallest absolute Gasteiger partial charge is 0.315 e. The van der Waals surface area contributed by atoms with E-state index in [1.807, 2.05) is 0 Å². The van der Waals surface area contributed by atoms with Crippen LogP contribution in [0.25, 0.3) is 0 Å². The van der Waals surface area contributed by atoms with Gasteiger partial charge in [-0.25, -0.2) is 4.79 Å². The highest BCUT2D eigenvalue weighted by Gasteiger charge is 2.24. The van der Waals surface area contributed by atoms with Gasteiger partial charge in [0.25, 0.3) is 0 Å². The lowest BCUT2D eigenvalue weighted by Crippen LogP contribution is -2.44. The molecule has 0 aromatic carbocycles. The van der Waals surface area contributed by atoms with Crippen molar-refractivity contribution in [3.05, 3.63) is 0 Å². The molecule has 2 amide bonds. The third-order valence-corrected chi connectivity index (χ3v) is 3.84. The Kier molecular flexibility index (Phi) is 4.26. The molecule has 0 radical (unpaired) electrons. The maximum absolute atomic E-state index is 11.5. The van der Waals surface area contributed by atoms with Gasteiger partial charge in [0.1, 0.15) is 0 Å². The Hall–Kier alpha value is -0.770. The summed E-state index contributed by atoms with van der Waals surface area (Å²) in [5.41, 5.74) is 0. The largest absolute Gasteiger partial charge is 0.338 e. The molecule has 0 aromatic heterocycles. The predicted molar refractivity (Wildman–Crippen MR) is 69.0 cm³/mol. The Balaban J connectivity index is 1.59. The maximum Gasteiger partial charge on any atom is 0.315 e. The molecule has 1 heterocycles. The van der Waals surface area contributed by atoms with E-state index >= 15 is 0 Å². The van der Waals surface area contributed by atoms with Gasteiger partial charge in [0.05, 0.1) is 0 Å². The first-order chi connectivity index (χ1) is 8.15. The van der Waals surface area contributed by atoms with Crippen LogP contribution in [0.3, 0.4) is 0 Å². The van der Waals surface area contributed by atoms with E-state index in [4.69, 9.17) is 0 Å². The fourth-order valence-electron chi connectivity index (χ4n) is 2.37. The zero-order chi connectivity index (χ0) is 12.3. The molecule has 0 atom stereocenters. The number of urea groups is 1. The average molecular weight is 239 g/mol. The summed E-state index contributed by atoms with van der Waals surface area (Å²) in [7, 11) is 0. The van der Waals surface area contributed by atoms with Crippen molar-refractivity contribution in [3.8, 4) is 0 Å². The standard InChI is InChI=1S/C13H25N3O/c1-10(2)16-7-5-11(6-8-16)9-14-13(17)15-12-3-4-12/h10-12H,3-9H2,1-2H3,(H2,14,15,17). The molecule has 1 aliphatic heterocycles. The van der Waals surface area contributed by atoms with E-state index in [0.717, 1.165) is 19.4 Å². The number of hydrogen-bond acceptors (Lipinski definition) is 2. The molecule has 17 heavy (non-hydrogen) atoms. The summed E-state index contributed by atoms with van der Waals surface area (Å²) in [6.07, 6.45) is 4.73. The van der Waals surface area contributed by atoms with Crippen LogP contribution in [0.4, 0.5) is 4.79 Å². The number of amides is 2. The third-order valence-electron chi connectivity index (χ3n) is 3.84. The van der Waals surface area contributed by atoms with Crippen LogP contribution in [0.1, 0.15) is 39.5 Å². The van der Waals surface area contributed by atoms with Crippen molar-refractivity contribution < 1.29 is 4.79 Å². The second kappa shape index (κ2) is 5.71. The van der Waals surface area contributed by atoms with Gasteiger partial charge in [-0.15, -0.1) is 0 Å². The number of carbonyl (C=O) groups excluding carboxylic acids is 1. The molecule has 2 fully saturated rings. The summed E-state index contributed by atoms with van der Waals surface area (Å²) in [6.45, 7) is 7.69. The molecular formula is C13H25N3O. The van der Waals surface area contributed by atoms with E-state index < -0.39 is 0 Å². The van der Waals surface area contributed by atoms with Crippen molar-refractivity contribution in [2.75, 3.05) is 19.6 Å². The lowest BCUT2D eigenvalue weighted by Gasteiger charge is -2.34. The van der Waals surface area contributed by atoms with Gasteiger partial charge in [-0.2, -0.15) is 0 Å². The van der Waals surface area contributed by atoms with Crippen LogP contribution >= 0.6 is 0 Å². The quantitative estimate of drug-likeness (QED) is 0.782. The lowest BCUT2D eigenvalue weighted by molar-refractivity contribution is 0.148. The van der Waals surface area contributed by atoms with Crippen LogP contribution < -0.4 is 10.6 Å². The van der Waals surface area contributed by atoms with Crippen LogP contribution in [-0.2, 0) is 0 Å². The highest BCUT2D eigenvalue weighted by atomic mass is 16.2. The van der Waals surface area contributed by atoms with Crippen molar-refractivity contribution in [3.63, 3.8) is 0 Å². The molecule has 98 valence electrons. The Morgan fingerprint density at radius 3 is 2.41 bits per heavy atom. The van der Waals surface area contributed by atoms with Gasteiger partial charge >= 0.3 is 6.03 Å². The number of piperidine rings is 1. The first-order valence-electron chi connectivity index (χ1n) is 6.93. The molecule has 0 bridgehead atoms. The van der Waals surface area contributed by atoms with Gasteiger partial charge in [0.2, 0.25) is 0 Å². The first kappa shape index (κ1) is 12.7. The van der Waals surface area contributed by atoms with Gasteiger partial charge in [-0.05, 0) is 58.5 Å². The Morgan fingerprint density at radius 2 is 1.88 bits per heavy atom. The van der Waals surface area contributed by atoms with Gasteiger partial charge in [0, 0.05) is 18.6 Å². The summed E-state index contributed by atoms with van der Waals surface area (Å²) in [6, 6.07) is 1.14. The monoisotopic (exact) mass is 239 g/mol. The van der Waals surface area contributed by atoms with Gasteiger partial charge < -0.3 is 15.5 Å². The van der Waals surface area contributed by atoms with Crippen molar-refractivity contribution in [2.45, 2.75) is 51.6 Å². The molecule has 2 aliphatic rings. The second-order valence-corrected chi connectivity index (χ2v) is 5.70. The van der Waals surface area contributed by atoms with Gasteiger partial charge in [-0.1, -0.05) is 0 Å². The molecule has 4 nitrogen and oxygen atoms in total. The molecule has 0 spiro atoms. The van der Waals surface area contributed by atoms with Crippen molar-refractivity contribution >= 4 is 6.03 Å². The summed E-state index contributed by atoms with van der Waals surface area (Å²) in [5, 5.41) is 5.96. The van der Waals surface area contributed by atoms with E-state index in [-0.39, 0.29) is 6.03 Å². The van der Waals surface area contributed by atoms with E-state index in [1.54, 1.807) is 0 Å². The summed E-state index contributed by atoms with van der Waals surface area (Å²) < 4.78 is 0. The van der Waals surface area contributed by atoms with Crippen LogP contribution in [0, 0.1) is 5.92 Å². The number of carbonyl (C=O) groups is 1. The number of likely N-dealkylation sites (tertiary alicyclic amines) is 1. The van der Waals surface area contributed by atoms with Crippen LogP contribution in [0.15, 0.2) is 0 Å². The molecule has 0 unspecified atom stereocenters. The topological polar surface area (TPSA) is 44.4 Å². The second-order valence-electron chi connectivity index (χ2n) is 5.70. The SMILES string of the molecule is CC(C)N1CCC(CNC(=O)NC2CC2)CC1. The van der Waals surface area contributed by atoms with Crippen LogP contribution in [0.2, 0.25) is 0 Å². The minimum Gasteiger partial charge on any atom is -0.338 e. The highest BCUT2D eigenvalue weighted by Crippen LogP contribution is 2.19. The van der Waals surface area contributed by atoms with Gasteiger partial charge in [-0.3, -0.25) is 0 Å². The summed E-state index contributed by atoms with van der Waals surface area (Å²) in [4.78, 5) is 14.0. The molecule has 4 heteroatoms. The molecule has 1 aliphatic carbocycles. The predicted octanol–water partition coefficient (Wildman–Crippen LogP) is 1.57. The Morgan fingerprint density at radius 1 is 1.24 bits per heavy atom. The highest BCUT2D eigenvalue weighted by molar-refractivity contribution is 5.74. The summed E-state index contributed by atoms with van der Waals surface area (Å²) in [5.74, 6) is 0.662. The van der Waals surface area contributed by atoms with E-state index in [1.165, 1.54) is 25.9 Å². The zero-order valence-electron chi connectivity index (χ0n) is 11.0. The van der Waals surface area contributed by atoms with E-state index in [0.29, 0.717) is 18.0 Å². The minimum atomic E-state index is 0.0267. The van der Waals surface area contributed by atoms with Gasteiger partial charge in [0.15, 0.2) is 0 Å². The fourth-order valence-corrected chi connectivity index (χ4v) is 2.37. The maximum atomic E-state index is 11.5. The van der Waals surface area contributed by atoms with Crippen molar-refractivity contribution in [1.82, 2.24) is 15.5 Å². The fraction of sp³-hybridized carbons (Fsp3) is 0.923. The van der Waals surface area contributed by atoms with E-state index in [2.05, 4.69) is 29.4 Å². The molecular weight excluding hydrogens is 214 g/mol. The number of nitrogens with zero attached hydrogens (tertiary/aromatic N) is 1. The molecule has 0 aromatic rings. The van der Waals surface area contributed by atoms with Crippen molar-refractivity contribution in [2.24, 2.45) is 5.92 Å². The number of hydrogen-bond donors (Lipinski definition) is 2. The molecule has 2 N–H and O–H groups in total.